The monoisotopic (exact) mass is 250 g/mol. The van der Waals surface area contributed by atoms with Gasteiger partial charge in [0.15, 0.2) is 0 Å². The minimum atomic E-state index is -0.00228. The number of aliphatic hydroxyl groups is 1. The van der Waals surface area contributed by atoms with E-state index in [9.17, 15) is 0 Å². The van der Waals surface area contributed by atoms with Crippen molar-refractivity contribution in [1.82, 2.24) is 10.2 Å². The molecule has 0 unspecified atom stereocenters. The van der Waals surface area contributed by atoms with Gasteiger partial charge in [-0.25, -0.2) is 0 Å². The molecule has 0 bridgehead atoms. The smallest absolute Gasteiger partial charge is 0.129 e. The summed E-state index contributed by atoms with van der Waals surface area (Å²) in [6, 6.07) is 4.35. The molecule has 1 aromatic rings. The van der Waals surface area contributed by atoms with Crippen molar-refractivity contribution < 1.29 is 9.52 Å². The molecule has 1 aliphatic heterocycles. The first-order valence-corrected chi connectivity index (χ1v) is 7.01. The lowest BCUT2D eigenvalue weighted by atomic mass is 10.1. The van der Waals surface area contributed by atoms with Crippen molar-refractivity contribution >= 4 is 0 Å². The number of nitrogens with one attached hydrogen (secondary N) is 1. The van der Waals surface area contributed by atoms with Crippen molar-refractivity contribution in [3.05, 3.63) is 23.7 Å². The van der Waals surface area contributed by atoms with Gasteiger partial charge in [0.25, 0.3) is 0 Å². The lowest BCUT2D eigenvalue weighted by molar-refractivity contribution is 0.137. The van der Waals surface area contributed by atoms with Gasteiger partial charge in [0.1, 0.15) is 18.1 Å². The lowest BCUT2D eigenvalue weighted by Gasteiger charge is -2.34. The number of hydrogen-bond acceptors (Lipinski definition) is 4. The topological polar surface area (TPSA) is 48.6 Å². The van der Waals surface area contributed by atoms with Crippen molar-refractivity contribution in [2.45, 2.75) is 31.9 Å². The number of piperazine rings is 1. The molecule has 1 saturated heterocycles. The summed E-state index contributed by atoms with van der Waals surface area (Å²) in [6.45, 7) is 4.31. The van der Waals surface area contributed by atoms with E-state index in [-0.39, 0.29) is 6.61 Å². The highest BCUT2D eigenvalue weighted by Gasteiger charge is 2.32. The molecule has 0 aromatic carbocycles. The van der Waals surface area contributed by atoms with Crippen LogP contribution in [0, 0.1) is 5.92 Å². The van der Waals surface area contributed by atoms with E-state index in [1.165, 1.54) is 19.3 Å². The maximum absolute atomic E-state index is 9.12. The highest BCUT2D eigenvalue weighted by atomic mass is 16.4. The molecule has 0 amide bonds. The Hall–Kier alpha value is -0.840. The first-order chi connectivity index (χ1) is 8.86. The molecule has 100 valence electrons. The Kier molecular flexibility index (Phi) is 3.68. The molecule has 2 fully saturated rings. The summed E-state index contributed by atoms with van der Waals surface area (Å²) in [6.07, 6.45) is 3.95. The summed E-state index contributed by atoms with van der Waals surface area (Å²) >= 11 is 0. The molecule has 0 spiro atoms. The van der Waals surface area contributed by atoms with E-state index in [1.54, 1.807) is 0 Å². The third kappa shape index (κ3) is 2.76. The lowest BCUT2D eigenvalue weighted by Crippen LogP contribution is -2.45. The SMILES string of the molecule is OCc1ccc([C@H](CC2CC2)N2CCNCC2)o1. The Labute approximate surface area is 108 Å². The molecule has 1 atom stereocenters. The first-order valence-electron chi connectivity index (χ1n) is 7.01. The van der Waals surface area contributed by atoms with Gasteiger partial charge in [0.2, 0.25) is 0 Å². The van der Waals surface area contributed by atoms with E-state index >= 15 is 0 Å². The average Bonchev–Trinajstić information content (AvgIpc) is 3.12. The van der Waals surface area contributed by atoms with Gasteiger partial charge in [-0.15, -0.1) is 0 Å². The minimum absolute atomic E-state index is 0.00228. The second-order valence-electron chi connectivity index (χ2n) is 5.44. The van der Waals surface area contributed by atoms with E-state index in [2.05, 4.69) is 10.2 Å². The number of furan rings is 1. The maximum atomic E-state index is 9.12. The third-order valence-corrected chi connectivity index (χ3v) is 4.01. The summed E-state index contributed by atoms with van der Waals surface area (Å²) in [5.74, 6) is 2.60. The van der Waals surface area contributed by atoms with Crippen LogP contribution in [0.1, 0.15) is 36.8 Å². The fourth-order valence-electron chi connectivity index (χ4n) is 2.77. The molecule has 3 rings (SSSR count). The quantitative estimate of drug-likeness (QED) is 0.832. The Morgan fingerprint density at radius 1 is 1.33 bits per heavy atom. The highest BCUT2D eigenvalue weighted by Crippen LogP contribution is 2.40. The van der Waals surface area contributed by atoms with Gasteiger partial charge in [-0.2, -0.15) is 0 Å². The molecule has 1 aliphatic carbocycles. The number of aliphatic hydroxyl groups excluding tert-OH is 1. The van der Waals surface area contributed by atoms with Crippen LogP contribution in [-0.2, 0) is 6.61 Å². The second-order valence-corrected chi connectivity index (χ2v) is 5.44. The Balaban J connectivity index is 1.74. The van der Waals surface area contributed by atoms with Crippen molar-refractivity contribution in [3.8, 4) is 0 Å². The molecular formula is C14H22N2O2. The summed E-state index contributed by atoms with van der Waals surface area (Å²) < 4.78 is 5.76. The normalized spacial score (nSPS) is 23.2. The predicted molar refractivity (Wildman–Crippen MR) is 69.2 cm³/mol. The maximum Gasteiger partial charge on any atom is 0.129 e. The zero-order valence-corrected chi connectivity index (χ0v) is 10.8. The second kappa shape index (κ2) is 5.43. The largest absolute Gasteiger partial charge is 0.462 e. The van der Waals surface area contributed by atoms with Crippen molar-refractivity contribution in [2.75, 3.05) is 26.2 Å². The van der Waals surface area contributed by atoms with Gasteiger partial charge in [0.05, 0.1) is 6.04 Å². The zero-order chi connectivity index (χ0) is 12.4. The number of rotatable bonds is 5. The molecule has 2 aliphatic rings. The van der Waals surface area contributed by atoms with Crippen molar-refractivity contribution in [1.29, 1.82) is 0 Å². The molecule has 4 heteroatoms. The van der Waals surface area contributed by atoms with Crippen LogP contribution < -0.4 is 5.32 Å². The summed E-state index contributed by atoms with van der Waals surface area (Å²) in [4.78, 5) is 2.52. The summed E-state index contributed by atoms with van der Waals surface area (Å²) in [5.41, 5.74) is 0. The molecule has 0 radical (unpaired) electrons. The molecule has 1 saturated carbocycles. The van der Waals surface area contributed by atoms with Crippen LogP contribution in [-0.4, -0.2) is 36.2 Å². The van der Waals surface area contributed by atoms with Crippen LogP contribution in [0.15, 0.2) is 16.5 Å². The first kappa shape index (κ1) is 12.2. The van der Waals surface area contributed by atoms with Crippen molar-refractivity contribution in [3.63, 3.8) is 0 Å². The average molecular weight is 250 g/mol. The van der Waals surface area contributed by atoms with Gasteiger partial charge in [-0.1, -0.05) is 12.8 Å². The molecule has 1 aromatic heterocycles. The highest BCUT2D eigenvalue weighted by molar-refractivity contribution is 5.11. The van der Waals surface area contributed by atoms with E-state index in [4.69, 9.17) is 9.52 Å². The van der Waals surface area contributed by atoms with Crippen molar-refractivity contribution in [2.24, 2.45) is 5.92 Å². The van der Waals surface area contributed by atoms with Crippen LogP contribution >= 0.6 is 0 Å². The summed E-state index contributed by atoms with van der Waals surface area (Å²) in [5, 5.41) is 12.5. The van der Waals surface area contributed by atoms with Crippen LogP contribution in [0.4, 0.5) is 0 Å². The standard InChI is InChI=1S/C14H22N2O2/c17-10-12-3-4-14(18-12)13(9-11-1-2-11)16-7-5-15-6-8-16/h3-4,11,13,15,17H,1-2,5-10H2/t13-/m0/s1. The molecule has 2 N–H and O–H groups in total. The molecular weight excluding hydrogens is 228 g/mol. The van der Waals surface area contributed by atoms with E-state index in [1.807, 2.05) is 12.1 Å². The van der Waals surface area contributed by atoms with Gasteiger partial charge in [0, 0.05) is 26.2 Å². The Bertz CT molecular complexity index is 381. The minimum Gasteiger partial charge on any atom is -0.462 e. The van der Waals surface area contributed by atoms with Crippen LogP contribution in [0.2, 0.25) is 0 Å². The fraction of sp³-hybridized carbons (Fsp3) is 0.714. The third-order valence-electron chi connectivity index (χ3n) is 4.01. The molecule has 4 nitrogen and oxygen atoms in total. The van der Waals surface area contributed by atoms with Crippen LogP contribution in [0.3, 0.4) is 0 Å². The van der Waals surface area contributed by atoms with Crippen LogP contribution in [0.25, 0.3) is 0 Å². The Morgan fingerprint density at radius 2 is 2.11 bits per heavy atom. The van der Waals surface area contributed by atoms with E-state index in [0.717, 1.165) is 37.9 Å². The molecule has 2 heterocycles. The van der Waals surface area contributed by atoms with Gasteiger partial charge in [-0.05, 0) is 24.5 Å². The summed E-state index contributed by atoms with van der Waals surface area (Å²) in [7, 11) is 0. The van der Waals surface area contributed by atoms with E-state index < -0.39 is 0 Å². The number of nitrogens with zero attached hydrogens (tertiary/aromatic N) is 1. The fourth-order valence-corrected chi connectivity index (χ4v) is 2.77. The Morgan fingerprint density at radius 3 is 2.72 bits per heavy atom. The van der Waals surface area contributed by atoms with Gasteiger partial charge in [-0.3, -0.25) is 4.90 Å². The molecule has 18 heavy (non-hydrogen) atoms. The predicted octanol–water partition coefficient (Wildman–Crippen LogP) is 1.52. The number of hydrogen-bond donors (Lipinski definition) is 2. The van der Waals surface area contributed by atoms with Gasteiger partial charge >= 0.3 is 0 Å². The van der Waals surface area contributed by atoms with Gasteiger partial charge < -0.3 is 14.8 Å². The van der Waals surface area contributed by atoms with E-state index in [0.29, 0.717) is 11.8 Å². The zero-order valence-electron chi connectivity index (χ0n) is 10.8. The van der Waals surface area contributed by atoms with Crippen LogP contribution in [0.5, 0.6) is 0 Å².